The lowest BCUT2D eigenvalue weighted by Gasteiger charge is -2.14. The minimum absolute atomic E-state index is 0.147. The Labute approximate surface area is 157 Å². The Hall–Kier alpha value is -3.67. The lowest BCUT2D eigenvalue weighted by Crippen LogP contribution is -2.16. The highest BCUT2D eigenvalue weighted by molar-refractivity contribution is 6.05. The van der Waals surface area contributed by atoms with E-state index < -0.39 is 0 Å². The number of carbonyl (C=O) groups is 1. The van der Waals surface area contributed by atoms with E-state index in [-0.39, 0.29) is 5.84 Å². The van der Waals surface area contributed by atoms with E-state index in [9.17, 15) is 4.79 Å². The molecule has 27 heavy (non-hydrogen) atoms. The standard InChI is InChI=1S/C21H20N4O2/c1-2-27-16-9-7-15(8-10-16)20-19(21(23)24)17(22)11-18(25-20)14-5-3-13(12-26)4-6-14/h3-12H,2H2,1H3,(H2,22,25)(H3,23,24). The third-order valence-corrected chi connectivity index (χ3v) is 4.10. The van der Waals surface area contributed by atoms with Crippen molar-refractivity contribution >= 4 is 17.8 Å². The van der Waals surface area contributed by atoms with Crippen molar-refractivity contribution in [2.75, 3.05) is 12.3 Å². The normalized spacial score (nSPS) is 10.4. The number of anilines is 1. The number of carbonyl (C=O) groups excluding carboxylic acids is 1. The van der Waals surface area contributed by atoms with Gasteiger partial charge in [-0.2, -0.15) is 0 Å². The molecule has 0 spiro atoms. The number of nitrogens with two attached hydrogens (primary N) is 2. The molecule has 0 aliphatic heterocycles. The van der Waals surface area contributed by atoms with E-state index in [0.717, 1.165) is 23.2 Å². The first-order valence-corrected chi connectivity index (χ1v) is 8.47. The van der Waals surface area contributed by atoms with E-state index in [0.29, 0.717) is 34.8 Å². The summed E-state index contributed by atoms with van der Waals surface area (Å²) in [6.07, 6.45) is 0.787. The molecule has 0 fully saturated rings. The van der Waals surface area contributed by atoms with Gasteiger partial charge in [-0.05, 0) is 37.3 Å². The smallest absolute Gasteiger partial charge is 0.150 e. The minimum atomic E-state index is -0.147. The van der Waals surface area contributed by atoms with Crippen LogP contribution in [0.4, 0.5) is 5.69 Å². The topological polar surface area (TPSA) is 115 Å². The van der Waals surface area contributed by atoms with E-state index in [4.69, 9.17) is 26.6 Å². The third-order valence-electron chi connectivity index (χ3n) is 4.10. The molecule has 0 bridgehead atoms. The summed E-state index contributed by atoms with van der Waals surface area (Å²) in [4.78, 5) is 15.6. The molecule has 3 aromatic rings. The Morgan fingerprint density at radius 3 is 2.30 bits per heavy atom. The van der Waals surface area contributed by atoms with Crippen LogP contribution in [0.15, 0.2) is 54.6 Å². The highest BCUT2D eigenvalue weighted by atomic mass is 16.5. The summed E-state index contributed by atoms with van der Waals surface area (Å²) in [5.41, 5.74) is 16.1. The maximum atomic E-state index is 10.9. The molecule has 0 saturated heterocycles. The van der Waals surface area contributed by atoms with Gasteiger partial charge in [-0.15, -0.1) is 0 Å². The number of pyridine rings is 1. The molecule has 0 saturated carbocycles. The van der Waals surface area contributed by atoms with Gasteiger partial charge in [0.1, 0.15) is 17.9 Å². The van der Waals surface area contributed by atoms with E-state index in [1.54, 1.807) is 30.3 Å². The number of rotatable bonds is 6. The molecule has 2 aromatic carbocycles. The van der Waals surface area contributed by atoms with Gasteiger partial charge in [0.15, 0.2) is 0 Å². The number of hydrogen-bond donors (Lipinski definition) is 3. The molecule has 136 valence electrons. The third kappa shape index (κ3) is 3.79. The van der Waals surface area contributed by atoms with Gasteiger partial charge in [-0.1, -0.05) is 24.3 Å². The van der Waals surface area contributed by atoms with Gasteiger partial charge in [-0.25, -0.2) is 4.98 Å². The first-order chi connectivity index (χ1) is 13.0. The van der Waals surface area contributed by atoms with Crippen LogP contribution in [0.3, 0.4) is 0 Å². The van der Waals surface area contributed by atoms with Crippen molar-refractivity contribution in [2.24, 2.45) is 5.73 Å². The SMILES string of the molecule is CCOc1ccc(-c2nc(-c3ccc(C=O)cc3)cc(N)c2C(=N)N)cc1. The molecule has 0 amide bonds. The van der Waals surface area contributed by atoms with Crippen LogP contribution in [0.25, 0.3) is 22.5 Å². The van der Waals surface area contributed by atoms with Crippen molar-refractivity contribution < 1.29 is 9.53 Å². The van der Waals surface area contributed by atoms with Gasteiger partial charge in [0, 0.05) is 22.4 Å². The van der Waals surface area contributed by atoms with Gasteiger partial charge in [0.2, 0.25) is 0 Å². The molecule has 0 unspecified atom stereocenters. The van der Waals surface area contributed by atoms with E-state index in [1.807, 2.05) is 31.2 Å². The number of benzene rings is 2. The first-order valence-electron chi connectivity index (χ1n) is 8.47. The summed E-state index contributed by atoms with van der Waals surface area (Å²) in [6, 6.07) is 16.1. The number of ether oxygens (including phenoxy) is 1. The lowest BCUT2D eigenvalue weighted by molar-refractivity contribution is 0.112. The monoisotopic (exact) mass is 360 g/mol. The van der Waals surface area contributed by atoms with Crippen LogP contribution in [0, 0.1) is 5.41 Å². The molecule has 0 atom stereocenters. The number of hydrogen-bond acceptors (Lipinski definition) is 5. The minimum Gasteiger partial charge on any atom is -0.494 e. The molecular formula is C21H20N4O2. The number of aromatic nitrogens is 1. The summed E-state index contributed by atoms with van der Waals surface area (Å²) in [5, 5.41) is 7.90. The highest BCUT2D eigenvalue weighted by Gasteiger charge is 2.16. The van der Waals surface area contributed by atoms with Gasteiger partial charge >= 0.3 is 0 Å². The second-order valence-corrected chi connectivity index (χ2v) is 5.93. The van der Waals surface area contributed by atoms with Gasteiger partial charge in [0.25, 0.3) is 0 Å². The van der Waals surface area contributed by atoms with Crippen molar-refractivity contribution in [1.82, 2.24) is 4.98 Å². The number of nitrogens with zero attached hydrogens (tertiary/aromatic N) is 1. The molecule has 6 nitrogen and oxygen atoms in total. The molecule has 0 radical (unpaired) electrons. The predicted molar refractivity (Wildman–Crippen MR) is 107 cm³/mol. The van der Waals surface area contributed by atoms with Crippen molar-refractivity contribution in [3.63, 3.8) is 0 Å². The number of aldehydes is 1. The maximum absolute atomic E-state index is 10.9. The highest BCUT2D eigenvalue weighted by Crippen LogP contribution is 2.31. The summed E-state index contributed by atoms with van der Waals surface area (Å²) >= 11 is 0. The average Bonchev–Trinajstić information content (AvgIpc) is 2.68. The number of amidine groups is 1. The van der Waals surface area contributed by atoms with Crippen LogP contribution in [0.1, 0.15) is 22.8 Å². The average molecular weight is 360 g/mol. The van der Waals surface area contributed by atoms with Crippen molar-refractivity contribution in [1.29, 1.82) is 5.41 Å². The number of nitrogens with one attached hydrogen (secondary N) is 1. The Morgan fingerprint density at radius 2 is 1.74 bits per heavy atom. The Morgan fingerprint density at radius 1 is 1.11 bits per heavy atom. The number of nitrogen functional groups attached to an aromatic ring is 2. The molecule has 0 aliphatic carbocycles. The fraction of sp³-hybridized carbons (Fsp3) is 0.0952. The maximum Gasteiger partial charge on any atom is 0.150 e. The van der Waals surface area contributed by atoms with Crippen molar-refractivity contribution in [3.05, 3.63) is 65.7 Å². The zero-order chi connectivity index (χ0) is 19.4. The summed E-state index contributed by atoms with van der Waals surface area (Å²) in [6.45, 7) is 2.50. The fourth-order valence-electron chi connectivity index (χ4n) is 2.81. The molecule has 0 aliphatic rings. The Kier molecular flexibility index (Phi) is 5.17. The van der Waals surface area contributed by atoms with Crippen LogP contribution < -0.4 is 16.2 Å². The summed E-state index contributed by atoms with van der Waals surface area (Å²) in [5.74, 6) is 0.603. The van der Waals surface area contributed by atoms with Crippen LogP contribution in [-0.4, -0.2) is 23.7 Å². The second-order valence-electron chi connectivity index (χ2n) is 5.93. The van der Waals surface area contributed by atoms with E-state index in [2.05, 4.69) is 0 Å². The van der Waals surface area contributed by atoms with Gasteiger partial charge < -0.3 is 16.2 Å². The predicted octanol–water partition coefficient (Wildman–Crippen LogP) is 3.49. The van der Waals surface area contributed by atoms with Crippen LogP contribution in [0.5, 0.6) is 5.75 Å². The Bertz CT molecular complexity index is 980. The van der Waals surface area contributed by atoms with E-state index >= 15 is 0 Å². The van der Waals surface area contributed by atoms with Crippen molar-refractivity contribution in [2.45, 2.75) is 6.92 Å². The molecule has 5 N–H and O–H groups in total. The van der Waals surface area contributed by atoms with Crippen LogP contribution in [0.2, 0.25) is 0 Å². The molecular weight excluding hydrogens is 340 g/mol. The van der Waals surface area contributed by atoms with Gasteiger partial charge in [-0.3, -0.25) is 10.2 Å². The first kappa shape index (κ1) is 18.1. The molecule has 6 heteroatoms. The quantitative estimate of drug-likeness (QED) is 0.353. The van der Waals surface area contributed by atoms with E-state index in [1.165, 1.54) is 0 Å². The Balaban J connectivity index is 2.13. The molecule has 1 aromatic heterocycles. The van der Waals surface area contributed by atoms with Gasteiger partial charge in [0.05, 0.1) is 23.6 Å². The largest absolute Gasteiger partial charge is 0.494 e. The zero-order valence-corrected chi connectivity index (χ0v) is 14.9. The fourth-order valence-corrected chi connectivity index (χ4v) is 2.81. The van der Waals surface area contributed by atoms with Crippen molar-refractivity contribution in [3.8, 4) is 28.3 Å². The molecule has 1 heterocycles. The summed E-state index contributed by atoms with van der Waals surface area (Å²) in [7, 11) is 0. The molecule has 3 rings (SSSR count). The zero-order valence-electron chi connectivity index (χ0n) is 14.9. The van der Waals surface area contributed by atoms with Crippen LogP contribution >= 0.6 is 0 Å². The lowest BCUT2D eigenvalue weighted by atomic mass is 10.0. The second kappa shape index (κ2) is 7.70. The van der Waals surface area contributed by atoms with Crippen LogP contribution in [-0.2, 0) is 0 Å². The summed E-state index contributed by atoms with van der Waals surface area (Å²) < 4.78 is 5.47.